The summed E-state index contributed by atoms with van der Waals surface area (Å²) in [6, 6.07) is 9.95. The van der Waals surface area contributed by atoms with E-state index in [0.29, 0.717) is 0 Å². The molecule has 96 valence electrons. The molecule has 1 rings (SSSR count). The van der Waals surface area contributed by atoms with Crippen molar-refractivity contribution in [1.29, 1.82) is 0 Å². The molecule has 0 aliphatic rings. The molecule has 1 aromatic carbocycles. The zero-order chi connectivity index (χ0) is 13.5. The van der Waals surface area contributed by atoms with E-state index >= 15 is 0 Å². The Bertz CT molecular complexity index is 422. The summed E-state index contributed by atoms with van der Waals surface area (Å²) in [5.74, 6) is -0.0928. The monoisotopic (exact) mass is 243 g/mol. The van der Waals surface area contributed by atoms with E-state index in [1.165, 1.54) is 6.08 Å². The Morgan fingerprint density at radius 2 is 2.00 bits per heavy atom. The molecule has 2 nitrogen and oxygen atoms in total. The van der Waals surface area contributed by atoms with E-state index in [2.05, 4.69) is 20.1 Å². The predicted molar refractivity (Wildman–Crippen MR) is 75.9 cm³/mol. The molecule has 0 N–H and O–H groups in total. The maximum atomic E-state index is 12.0. The molecule has 0 heterocycles. The largest absolute Gasteiger partial charge is 0.306 e. The Labute approximate surface area is 110 Å². The Kier molecular flexibility index (Phi) is 5.37. The van der Waals surface area contributed by atoms with Crippen molar-refractivity contribution < 1.29 is 4.79 Å². The van der Waals surface area contributed by atoms with Crippen LogP contribution in [0, 0.1) is 0 Å². The van der Waals surface area contributed by atoms with Gasteiger partial charge in [0, 0.05) is 5.70 Å². The van der Waals surface area contributed by atoms with Gasteiger partial charge in [0.05, 0.1) is 6.04 Å². The maximum absolute atomic E-state index is 12.0. The highest BCUT2D eigenvalue weighted by Crippen LogP contribution is 2.25. The third-order valence-electron chi connectivity index (χ3n) is 2.96. The summed E-state index contributed by atoms with van der Waals surface area (Å²) in [5, 5.41) is 0. The van der Waals surface area contributed by atoms with Crippen LogP contribution in [0.1, 0.15) is 38.3 Å². The highest BCUT2D eigenvalue weighted by atomic mass is 16.2. The van der Waals surface area contributed by atoms with E-state index in [1.807, 2.05) is 37.3 Å². The molecule has 0 unspecified atom stereocenters. The summed E-state index contributed by atoms with van der Waals surface area (Å²) < 4.78 is 0. The van der Waals surface area contributed by atoms with Crippen LogP contribution in [0.2, 0.25) is 0 Å². The molecule has 0 bridgehead atoms. The Balaban J connectivity index is 3.00. The standard InChI is InChI=1S/C16H21NO/c1-5-10-13(3)17(16(18)6-2)14(4)15-11-8-7-9-12-15/h6-9,11-12,14H,2-3,5,10H2,1,4H3/t14-/m1/s1. The SMILES string of the molecule is C=CC(=O)N(C(=C)CCC)[C@H](C)c1ccccc1. The topological polar surface area (TPSA) is 20.3 Å². The normalized spacial score (nSPS) is 11.7. The van der Waals surface area contributed by atoms with Crippen LogP contribution >= 0.6 is 0 Å². The van der Waals surface area contributed by atoms with Gasteiger partial charge in [0.25, 0.3) is 5.91 Å². The molecule has 0 aliphatic heterocycles. The molecule has 0 aromatic heterocycles. The van der Waals surface area contributed by atoms with Crippen molar-refractivity contribution in [2.24, 2.45) is 0 Å². The molecule has 0 radical (unpaired) electrons. The number of carbonyl (C=O) groups excluding carboxylic acids is 1. The minimum atomic E-state index is -0.0928. The smallest absolute Gasteiger partial charge is 0.250 e. The first-order chi connectivity index (χ1) is 8.61. The average molecular weight is 243 g/mol. The maximum Gasteiger partial charge on any atom is 0.250 e. The molecule has 1 atom stereocenters. The molecule has 18 heavy (non-hydrogen) atoms. The second kappa shape index (κ2) is 6.80. The Morgan fingerprint density at radius 1 is 1.39 bits per heavy atom. The molecule has 1 aromatic rings. The Morgan fingerprint density at radius 3 is 2.50 bits per heavy atom. The van der Waals surface area contributed by atoms with Gasteiger partial charge in [0.2, 0.25) is 0 Å². The van der Waals surface area contributed by atoms with Crippen LogP contribution in [0.15, 0.2) is 55.3 Å². The quantitative estimate of drug-likeness (QED) is 0.689. The number of rotatable bonds is 6. The highest BCUT2D eigenvalue weighted by molar-refractivity contribution is 5.88. The zero-order valence-electron chi connectivity index (χ0n) is 11.2. The molecule has 0 fully saturated rings. The van der Waals surface area contributed by atoms with Crippen molar-refractivity contribution in [3.8, 4) is 0 Å². The second-order valence-corrected chi connectivity index (χ2v) is 4.32. The van der Waals surface area contributed by atoms with E-state index in [4.69, 9.17) is 0 Å². The van der Waals surface area contributed by atoms with Crippen molar-refractivity contribution in [1.82, 2.24) is 4.90 Å². The third kappa shape index (κ3) is 3.33. The molecule has 0 saturated heterocycles. The fraction of sp³-hybridized carbons (Fsp3) is 0.312. The van der Waals surface area contributed by atoms with E-state index < -0.39 is 0 Å². The lowest BCUT2D eigenvalue weighted by Gasteiger charge is -2.30. The van der Waals surface area contributed by atoms with Gasteiger partial charge in [-0.05, 0) is 25.0 Å². The van der Waals surface area contributed by atoms with Crippen molar-refractivity contribution >= 4 is 5.91 Å². The number of hydrogen-bond acceptors (Lipinski definition) is 1. The first-order valence-corrected chi connectivity index (χ1v) is 6.30. The predicted octanol–water partition coefficient (Wildman–Crippen LogP) is 4.08. The number of carbonyl (C=O) groups is 1. The fourth-order valence-corrected chi connectivity index (χ4v) is 2.01. The van der Waals surface area contributed by atoms with Crippen molar-refractivity contribution in [3.05, 3.63) is 60.8 Å². The number of amides is 1. The molecule has 1 amide bonds. The van der Waals surface area contributed by atoms with Crippen molar-refractivity contribution in [2.75, 3.05) is 0 Å². The van der Waals surface area contributed by atoms with Crippen LogP contribution in [0.3, 0.4) is 0 Å². The van der Waals surface area contributed by atoms with E-state index in [0.717, 1.165) is 24.1 Å². The first kappa shape index (κ1) is 14.2. The van der Waals surface area contributed by atoms with Gasteiger partial charge in [0.15, 0.2) is 0 Å². The third-order valence-corrected chi connectivity index (χ3v) is 2.96. The summed E-state index contributed by atoms with van der Waals surface area (Å²) in [6.07, 6.45) is 3.14. The van der Waals surface area contributed by atoms with Gasteiger partial charge in [0.1, 0.15) is 0 Å². The summed E-state index contributed by atoms with van der Waals surface area (Å²) in [4.78, 5) is 13.7. The summed E-state index contributed by atoms with van der Waals surface area (Å²) in [7, 11) is 0. The van der Waals surface area contributed by atoms with Crippen LogP contribution in [0.25, 0.3) is 0 Å². The summed E-state index contributed by atoms with van der Waals surface area (Å²) >= 11 is 0. The van der Waals surface area contributed by atoms with Crippen molar-refractivity contribution in [3.63, 3.8) is 0 Å². The van der Waals surface area contributed by atoms with Gasteiger partial charge >= 0.3 is 0 Å². The number of nitrogens with zero attached hydrogens (tertiary/aromatic N) is 1. The minimum Gasteiger partial charge on any atom is -0.306 e. The van der Waals surface area contributed by atoms with Crippen LogP contribution in [0.4, 0.5) is 0 Å². The second-order valence-electron chi connectivity index (χ2n) is 4.32. The van der Waals surface area contributed by atoms with Gasteiger partial charge in [-0.25, -0.2) is 0 Å². The average Bonchev–Trinajstić information content (AvgIpc) is 2.40. The van der Waals surface area contributed by atoms with Gasteiger partial charge in [-0.3, -0.25) is 4.79 Å². The lowest BCUT2D eigenvalue weighted by atomic mass is 10.1. The minimum absolute atomic E-state index is 0.0178. The number of hydrogen-bond donors (Lipinski definition) is 0. The first-order valence-electron chi connectivity index (χ1n) is 6.30. The van der Waals surface area contributed by atoms with E-state index in [1.54, 1.807) is 4.90 Å². The van der Waals surface area contributed by atoms with Crippen molar-refractivity contribution in [2.45, 2.75) is 32.7 Å². The molecule has 0 saturated carbocycles. The lowest BCUT2D eigenvalue weighted by molar-refractivity contribution is -0.126. The Hall–Kier alpha value is -1.83. The molecule has 0 spiro atoms. The van der Waals surface area contributed by atoms with Gasteiger partial charge in [-0.15, -0.1) is 0 Å². The fourth-order valence-electron chi connectivity index (χ4n) is 2.01. The van der Waals surface area contributed by atoms with Crippen LogP contribution in [0.5, 0.6) is 0 Å². The van der Waals surface area contributed by atoms with Gasteiger partial charge in [-0.1, -0.05) is 56.8 Å². The highest BCUT2D eigenvalue weighted by Gasteiger charge is 2.21. The number of benzene rings is 1. The molecular weight excluding hydrogens is 222 g/mol. The lowest BCUT2D eigenvalue weighted by Crippen LogP contribution is -2.31. The van der Waals surface area contributed by atoms with Crippen LogP contribution in [-0.2, 0) is 4.79 Å². The zero-order valence-corrected chi connectivity index (χ0v) is 11.2. The van der Waals surface area contributed by atoms with Crippen LogP contribution < -0.4 is 0 Å². The summed E-state index contributed by atoms with van der Waals surface area (Å²) in [5.41, 5.74) is 1.95. The summed E-state index contributed by atoms with van der Waals surface area (Å²) in [6.45, 7) is 11.7. The van der Waals surface area contributed by atoms with Gasteiger partial charge < -0.3 is 4.90 Å². The van der Waals surface area contributed by atoms with E-state index in [-0.39, 0.29) is 11.9 Å². The number of allylic oxidation sites excluding steroid dienone is 1. The van der Waals surface area contributed by atoms with Crippen LogP contribution in [-0.4, -0.2) is 10.8 Å². The molecule has 0 aliphatic carbocycles. The van der Waals surface area contributed by atoms with E-state index in [9.17, 15) is 4.79 Å². The molecular formula is C16H21NO. The molecule has 2 heteroatoms. The van der Waals surface area contributed by atoms with Gasteiger partial charge in [-0.2, -0.15) is 0 Å².